The molecule has 0 amide bonds. The fraction of sp³-hybridized carbons (Fsp3) is 0.176. The minimum absolute atomic E-state index is 0.174. The van der Waals surface area contributed by atoms with Gasteiger partial charge in [0.15, 0.2) is 0 Å². The first-order valence-electron chi connectivity index (χ1n) is 7.52. The van der Waals surface area contributed by atoms with Gasteiger partial charge in [-0.15, -0.1) is 11.3 Å². The number of aromatic nitrogens is 2. The normalized spacial score (nSPS) is 11.5. The fourth-order valence-corrected chi connectivity index (χ4v) is 4.01. The second-order valence-corrected chi connectivity index (χ2v) is 7.89. The number of pyridine rings is 1. The Labute approximate surface area is 145 Å². The van der Waals surface area contributed by atoms with Crippen molar-refractivity contribution in [3.05, 3.63) is 64.7 Å². The van der Waals surface area contributed by atoms with Crippen molar-refractivity contribution in [3.63, 3.8) is 0 Å². The quantitative estimate of drug-likeness (QED) is 0.733. The Bertz CT molecular complexity index is 905. The zero-order valence-corrected chi connectivity index (χ0v) is 14.8. The highest BCUT2D eigenvalue weighted by molar-refractivity contribution is 7.89. The Hall–Kier alpha value is -2.09. The fourth-order valence-electron chi connectivity index (χ4n) is 2.19. The molecule has 0 bridgehead atoms. The van der Waals surface area contributed by atoms with Crippen LogP contribution in [0, 0.1) is 0 Å². The summed E-state index contributed by atoms with van der Waals surface area (Å²) in [4.78, 5) is 8.71. The Balaban J connectivity index is 1.69. The lowest BCUT2D eigenvalue weighted by molar-refractivity contribution is 0.581. The van der Waals surface area contributed by atoms with E-state index in [1.54, 1.807) is 24.5 Å². The molecule has 0 aliphatic heterocycles. The summed E-state index contributed by atoms with van der Waals surface area (Å²) < 4.78 is 27.3. The molecule has 3 rings (SSSR count). The van der Waals surface area contributed by atoms with Crippen LogP contribution in [0.2, 0.25) is 0 Å². The zero-order chi connectivity index (χ0) is 17.0. The summed E-state index contributed by atoms with van der Waals surface area (Å²) in [6, 6.07) is 10.7. The van der Waals surface area contributed by atoms with Gasteiger partial charge in [0.2, 0.25) is 10.0 Å². The summed E-state index contributed by atoms with van der Waals surface area (Å²) in [6.45, 7) is 2.21. The maximum absolute atomic E-state index is 12.3. The smallest absolute Gasteiger partial charge is 0.240 e. The van der Waals surface area contributed by atoms with Gasteiger partial charge in [0.25, 0.3) is 0 Å². The first-order valence-corrected chi connectivity index (χ1v) is 9.88. The average molecular weight is 359 g/mol. The predicted octanol–water partition coefficient (Wildman–Crippen LogP) is 3.25. The number of aryl methyl sites for hydroxylation is 1. The Morgan fingerprint density at radius 3 is 2.46 bits per heavy atom. The van der Waals surface area contributed by atoms with E-state index in [0.717, 1.165) is 28.2 Å². The van der Waals surface area contributed by atoms with E-state index in [1.807, 2.05) is 36.6 Å². The van der Waals surface area contributed by atoms with Crippen molar-refractivity contribution >= 4 is 21.4 Å². The molecule has 5 nitrogen and oxygen atoms in total. The molecule has 0 radical (unpaired) electrons. The van der Waals surface area contributed by atoms with Crippen LogP contribution in [0.1, 0.15) is 17.5 Å². The van der Waals surface area contributed by atoms with E-state index in [9.17, 15) is 8.42 Å². The molecule has 0 saturated heterocycles. The minimum Gasteiger partial charge on any atom is -0.265 e. The lowest BCUT2D eigenvalue weighted by Crippen LogP contribution is -2.23. The van der Waals surface area contributed by atoms with Crippen molar-refractivity contribution < 1.29 is 8.42 Å². The lowest BCUT2D eigenvalue weighted by atomic mass is 10.2. The van der Waals surface area contributed by atoms with Crippen molar-refractivity contribution in [2.75, 3.05) is 0 Å². The van der Waals surface area contributed by atoms with Crippen molar-refractivity contribution in [3.8, 4) is 11.3 Å². The van der Waals surface area contributed by atoms with Crippen LogP contribution >= 0.6 is 11.3 Å². The summed E-state index contributed by atoms with van der Waals surface area (Å²) >= 11 is 1.43. The molecule has 124 valence electrons. The van der Waals surface area contributed by atoms with Crippen LogP contribution in [0.5, 0.6) is 0 Å². The number of hydrogen-bond donors (Lipinski definition) is 1. The standard InChI is InChI=1S/C17H17N3O2S2/c1-2-13-3-5-15(6-4-13)24(21,22)19-11-17-20-16(12-23-17)14-7-9-18-10-8-14/h3-10,12,19H,2,11H2,1H3. The highest BCUT2D eigenvalue weighted by Gasteiger charge is 2.14. The van der Waals surface area contributed by atoms with Crippen LogP contribution in [-0.2, 0) is 23.0 Å². The number of nitrogens with one attached hydrogen (secondary N) is 1. The maximum atomic E-state index is 12.3. The van der Waals surface area contributed by atoms with E-state index in [0.29, 0.717) is 0 Å². The van der Waals surface area contributed by atoms with Gasteiger partial charge in [-0.3, -0.25) is 4.98 Å². The SMILES string of the molecule is CCc1ccc(S(=O)(=O)NCc2nc(-c3ccncc3)cs2)cc1. The van der Waals surface area contributed by atoms with Gasteiger partial charge in [-0.05, 0) is 36.2 Å². The molecule has 0 unspecified atom stereocenters. The number of rotatable bonds is 6. The van der Waals surface area contributed by atoms with Gasteiger partial charge >= 0.3 is 0 Å². The van der Waals surface area contributed by atoms with E-state index in [-0.39, 0.29) is 11.4 Å². The molecule has 0 spiro atoms. The molecular formula is C17H17N3O2S2. The highest BCUT2D eigenvalue weighted by Crippen LogP contribution is 2.21. The molecule has 0 fully saturated rings. The molecule has 3 aromatic rings. The molecule has 0 aliphatic rings. The lowest BCUT2D eigenvalue weighted by Gasteiger charge is -2.06. The van der Waals surface area contributed by atoms with Gasteiger partial charge < -0.3 is 0 Å². The highest BCUT2D eigenvalue weighted by atomic mass is 32.2. The van der Waals surface area contributed by atoms with E-state index in [4.69, 9.17) is 0 Å². The molecule has 0 aliphatic carbocycles. The van der Waals surface area contributed by atoms with Gasteiger partial charge in [0.1, 0.15) is 5.01 Å². The van der Waals surface area contributed by atoms with Gasteiger partial charge in [0, 0.05) is 23.3 Å². The maximum Gasteiger partial charge on any atom is 0.240 e. The number of nitrogens with zero attached hydrogens (tertiary/aromatic N) is 2. The molecule has 2 heterocycles. The first kappa shape index (κ1) is 16.8. The third-order valence-electron chi connectivity index (χ3n) is 3.58. The van der Waals surface area contributed by atoms with Gasteiger partial charge in [-0.2, -0.15) is 0 Å². The third-order valence-corrected chi connectivity index (χ3v) is 5.85. The second kappa shape index (κ2) is 7.21. The summed E-state index contributed by atoms with van der Waals surface area (Å²) in [5.41, 5.74) is 2.89. The van der Waals surface area contributed by atoms with Crippen LogP contribution in [0.3, 0.4) is 0 Å². The number of thiazole rings is 1. The van der Waals surface area contributed by atoms with Gasteiger partial charge in [-0.25, -0.2) is 18.1 Å². The van der Waals surface area contributed by atoms with E-state index in [2.05, 4.69) is 14.7 Å². The number of hydrogen-bond acceptors (Lipinski definition) is 5. The largest absolute Gasteiger partial charge is 0.265 e. The van der Waals surface area contributed by atoms with Crippen molar-refractivity contribution in [1.29, 1.82) is 0 Å². The van der Waals surface area contributed by atoms with Crippen molar-refractivity contribution in [2.45, 2.75) is 24.8 Å². The monoisotopic (exact) mass is 359 g/mol. The molecule has 2 aromatic heterocycles. The van der Waals surface area contributed by atoms with Crippen LogP contribution in [-0.4, -0.2) is 18.4 Å². The summed E-state index contributed by atoms with van der Waals surface area (Å²) in [5.74, 6) is 0. The molecule has 7 heteroatoms. The van der Waals surface area contributed by atoms with E-state index in [1.165, 1.54) is 11.3 Å². The first-order chi connectivity index (χ1) is 11.6. The van der Waals surface area contributed by atoms with Crippen LogP contribution in [0.25, 0.3) is 11.3 Å². The van der Waals surface area contributed by atoms with Gasteiger partial charge in [0.05, 0.1) is 17.1 Å². The zero-order valence-electron chi connectivity index (χ0n) is 13.1. The number of benzene rings is 1. The molecular weight excluding hydrogens is 342 g/mol. The molecule has 0 saturated carbocycles. The summed E-state index contributed by atoms with van der Waals surface area (Å²) in [6.07, 6.45) is 4.29. The van der Waals surface area contributed by atoms with Gasteiger partial charge in [-0.1, -0.05) is 19.1 Å². The average Bonchev–Trinajstić information content (AvgIpc) is 3.10. The summed E-state index contributed by atoms with van der Waals surface area (Å²) in [7, 11) is -3.53. The summed E-state index contributed by atoms with van der Waals surface area (Å²) in [5, 5.41) is 2.63. The molecule has 1 aromatic carbocycles. The predicted molar refractivity (Wildman–Crippen MR) is 95.2 cm³/mol. The van der Waals surface area contributed by atoms with Crippen LogP contribution in [0.4, 0.5) is 0 Å². The van der Waals surface area contributed by atoms with E-state index >= 15 is 0 Å². The van der Waals surface area contributed by atoms with Crippen molar-refractivity contribution in [2.24, 2.45) is 0 Å². The minimum atomic E-state index is -3.53. The number of sulfonamides is 1. The van der Waals surface area contributed by atoms with Crippen molar-refractivity contribution in [1.82, 2.24) is 14.7 Å². The second-order valence-electron chi connectivity index (χ2n) is 5.18. The third kappa shape index (κ3) is 3.87. The Morgan fingerprint density at radius 2 is 1.79 bits per heavy atom. The Morgan fingerprint density at radius 1 is 1.08 bits per heavy atom. The molecule has 24 heavy (non-hydrogen) atoms. The topological polar surface area (TPSA) is 72.0 Å². The molecule has 0 atom stereocenters. The van der Waals surface area contributed by atoms with Crippen LogP contribution < -0.4 is 4.72 Å². The van der Waals surface area contributed by atoms with Crippen LogP contribution in [0.15, 0.2) is 59.1 Å². The Kier molecular flexibility index (Phi) is 5.03. The van der Waals surface area contributed by atoms with E-state index < -0.39 is 10.0 Å². The molecule has 1 N–H and O–H groups in total.